The Balaban J connectivity index is 3.04. The van der Waals surface area contributed by atoms with Crippen molar-refractivity contribution < 1.29 is 0 Å². The van der Waals surface area contributed by atoms with E-state index in [-0.39, 0.29) is 0 Å². The molecule has 0 N–H and O–H groups in total. The van der Waals surface area contributed by atoms with Crippen LogP contribution in [0.2, 0.25) is 0 Å². The summed E-state index contributed by atoms with van der Waals surface area (Å²) >= 11 is 0. The number of benzene rings is 1. The molecular formula is C10H12N2. The lowest BCUT2D eigenvalue weighted by Gasteiger charge is -1.98. The van der Waals surface area contributed by atoms with Crippen molar-refractivity contribution in [1.29, 1.82) is 0 Å². The van der Waals surface area contributed by atoms with E-state index in [1.54, 1.807) is 7.05 Å². The molecule has 0 aliphatic rings. The molecule has 0 spiro atoms. The van der Waals surface area contributed by atoms with E-state index in [2.05, 4.69) is 16.7 Å². The highest BCUT2D eigenvalue weighted by Gasteiger charge is 1.96. The van der Waals surface area contributed by atoms with Crippen LogP contribution in [0.25, 0.3) is 0 Å². The summed E-state index contributed by atoms with van der Waals surface area (Å²) in [5.74, 6) is 0.690. The van der Waals surface area contributed by atoms with E-state index in [0.717, 1.165) is 5.56 Å². The fraction of sp³-hybridized carbons (Fsp3) is 0.200. The number of hydrogen-bond acceptors (Lipinski definition) is 1. The molecular weight excluding hydrogens is 148 g/mol. The number of amidine groups is 1. The Morgan fingerprint density at radius 3 is 2.25 bits per heavy atom. The molecule has 0 saturated carbocycles. The monoisotopic (exact) mass is 160 g/mol. The minimum Gasteiger partial charge on any atom is -0.270 e. The largest absolute Gasteiger partial charge is 0.270 e. The Bertz CT molecular complexity index is 296. The van der Waals surface area contributed by atoms with Crippen molar-refractivity contribution in [2.75, 3.05) is 7.05 Å². The van der Waals surface area contributed by atoms with Crippen LogP contribution in [0.3, 0.4) is 0 Å². The average Bonchev–Trinajstić information content (AvgIpc) is 2.10. The highest BCUT2D eigenvalue weighted by molar-refractivity contribution is 6.01. The molecule has 1 aromatic rings. The molecule has 0 aromatic heterocycles. The van der Waals surface area contributed by atoms with E-state index >= 15 is 0 Å². The molecule has 1 rings (SSSR count). The lowest BCUT2D eigenvalue weighted by Crippen LogP contribution is -1.95. The summed E-state index contributed by atoms with van der Waals surface area (Å²) < 4.78 is 0. The van der Waals surface area contributed by atoms with Crippen molar-refractivity contribution in [3.63, 3.8) is 0 Å². The quantitative estimate of drug-likeness (QED) is 0.444. The second kappa shape index (κ2) is 3.81. The highest BCUT2D eigenvalue weighted by Crippen LogP contribution is 2.04. The molecule has 0 radical (unpaired) electrons. The van der Waals surface area contributed by atoms with Crippen LogP contribution in [-0.2, 0) is 0 Å². The Labute approximate surface area is 72.7 Å². The number of nitrogens with zero attached hydrogens (tertiary/aromatic N) is 2. The van der Waals surface area contributed by atoms with Gasteiger partial charge in [-0.05, 0) is 13.6 Å². The lowest BCUT2D eigenvalue weighted by atomic mass is 10.1. The molecule has 0 heterocycles. The van der Waals surface area contributed by atoms with Gasteiger partial charge >= 0.3 is 0 Å². The van der Waals surface area contributed by atoms with Crippen molar-refractivity contribution in [3.8, 4) is 0 Å². The summed E-state index contributed by atoms with van der Waals surface area (Å²) in [6.45, 7) is 5.50. The molecule has 0 saturated heterocycles. The summed E-state index contributed by atoms with van der Waals surface area (Å²) in [4.78, 5) is 7.80. The maximum Gasteiger partial charge on any atom is 0.153 e. The van der Waals surface area contributed by atoms with Crippen molar-refractivity contribution in [2.24, 2.45) is 9.98 Å². The van der Waals surface area contributed by atoms with Gasteiger partial charge in [0.25, 0.3) is 0 Å². The van der Waals surface area contributed by atoms with Crippen molar-refractivity contribution in [3.05, 3.63) is 35.4 Å². The van der Waals surface area contributed by atoms with Gasteiger partial charge in [-0.1, -0.05) is 29.8 Å². The van der Waals surface area contributed by atoms with Crippen LogP contribution in [0, 0.1) is 6.92 Å². The molecule has 62 valence electrons. The highest BCUT2D eigenvalue weighted by atomic mass is 14.9. The molecule has 0 bridgehead atoms. The molecule has 2 heteroatoms. The second-order valence-corrected chi connectivity index (χ2v) is 2.57. The molecule has 0 aliphatic heterocycles. The van der Waals surface area contributed by atoms with Gasteiger partial charge < -0.3 is 0 Å². The van der Waals surface area contributed by atoms with E-state index in [4.69, 9.17) is 0 Å². The molecule has 0 amide bonds. The topological polar surface area (TPSA) is 24.7 Å². The van der Waals surface area contributed by atoms with Gasteiger partial charge in [0.2, 0.25) is 0 Å². The minimum atomic E-state index is 0.690. The first-order valence-electron chi connectivity index (χ1n) is 3.78. The van der Waals surface area contributed by atoms with Crippen LogP contribution in [0.1, 0.15) is 11.1 Å². The molecule has 12 heavy (non-hydrogen) atoms. The third kappa shape index (κ3) is 1.78. The summed E-state index contributed by atoms with van der Waals surface area (Å²) in [7, 11) is 1.71. The van der Waals surface area contributed by atoms with Gasteiger partial charge in [0.05, 0.1) is 0 Å². The molecule has 2 nitrogen and oxygen atoms in total. The summed E-state index contributed by atoms with van der Waals surface area (Å²) in [6.07, 6.45) is 0. The first-order valence-corrected chi connectivity index (χ1v) is 3.78. The third-order valence-corrected chi connectivity index (χ3v) is 1.67. The molecule has 0 aliphatic carbocycles. The normalized spacial score (nSPS) is 11.3. The van der Waals surface area contributed by atoms with Crippen LogP contribution in [-0.4, -0.2) is 19.6 Å². The predicted molar refractivity (Wildman–Crippen MR) is 53.2 cm³/mol. The maximum absolute atomic E-state index is 3.99. The van der Waals surface area contributed by atoms with Gasteiger partial charge in [-0.3, -0.25) is 4.99 Å². The zero-order valence-electron chi connectivity index (χ0n) is 7.41. The van der Waals surface area contributed by atoms with E-state index in [9.17, 15) is 0 Å². The summed E-state index contributed by atoms with van der Waals surface area (Å²) in [5, 5.41) is 0. The lowest BCUT2D eigenvalue weighted by molar-refractivity contribution is 1.38. The van der Waals surface area contributed by atoms with Gasteiger partial charge in [0.1, 0.15) is 0 Å². The molecule has 0 fully saturated rings. The van der Waals surface area contributed by atoms with Crippen molar-refractivity contribution in [2.45, 2.75) is 6.92 Å². The summed E-state index contributed by atoms with van der Waals surface area (Å²) in [6, 6.07) is 8.05. The Morgan fingerprint density at radius 1 is 1.25 bits per heavy atom. The fourth-order valence-corrected chi connectivity index (χ4v) is 0.994. The van der Waals surface area contributed by atoms with Crippen LogP contribution in [0.15, 0.2) is 34.3 Å². The SMILES string of the molecule is C=NC(=NC)c1ccc(C)cc1. The van der Waals surface area contributed by atoms with Crippen LogP contribution >= 0.6 is 0 Å². The second-order valence-electron chi connectivity index (χ2n) is 2.57. The minimum absolute atomic E-state index is 0.690. The Morgan fingerprint density at radius 2 is 1.83 bits per heavy atom. The van der Waals surface area contributed by atoms with E-state index in [1.807, 2.05) is 31.2 Å². The van der Waals surface area contributed by atoms with Gasteiger partial charge in [-0.25, -0.2) is 4.99 Å². The number of rotatable bonds is 1. The number of aliphatic imine (C=N–C) groups is 2. The first kappa shape index (κ1) is 8.65. The van der Waals surface area contributed by atoms with E-state index in [1.165, 1.54) is 5.56 Å². The van der Waals surface area contributed by atoms with Crippen LogP contribution < -0.4 is 0 Å². The zero-order valence-corrected chi connectivity index (χ0v) is 7.41. The molecule has 0 unspecified atom stereocenters. The smallest absolute Gasteiger partial charge is 0.153 e. The number of aryl methyl sites for hydroxylation is 1. The first-order chi connectivity index (χ1) is 5.77. The van der Waals surface area contributed by atoms with Gasteiger partial charge in [0.15, 0.2) is 5.84 Å². The van der Waals surface area contributed by atoms with Crippen molar-refractivity contribution in [1.82, 2.24) is 0 Å². The Hall–Kier alpha value is -1.44. The van der Waals surface area contributed by atoms with Gasteiger partial charge in [-0.2, -0.15) is 0 Å². The molecule has 0 atom stereocenters. The third-order valence-electron chi connectivity index (χ3n) is 1.67. The van der Waals surface area contributed by atoms with Gasteiger partial charge in [-0.15, -0.1) is 0 Å². The van der Waals surface area contributed by atoms with Gasteiger partial charge in [0, 0.05) is 12.6 Å². The molecule has 1 aromatic carbocycles. The van der Waals surface area contributed by atoms with Crippen LogP contribution in [0.4, 0.5) is 0 Å². The van der Waals surface area contributed by atoms with Crippen LogP contribution in [0.5, 0.6) is 0 Å². The van der Waals surface area contributed by atoms with Crippen molar-refractivity contribution >= 4 is 12.6 Å². The zero-order chi connectivity index (χ0) is 8.97. The average molecular weight is 160 g/mol. The van der Waals surface area contributed by atoms with E-state index in [0.29, 0.717) is 5.84 Å². The summed E-state index contributed by atoms with van der Waals surface area (Å²) in [5.41, 5.74) is 2.25. The fourth-order valence-electron chi connectivity index (χ4n) is 0.994. The Kier molecular flexibility index (Phi) is 2.75. The maximum atomic E-state index is 3.99. The predicted octanol–water partition coefficient (Wildman–Crippen LogP) is 2.07. The van der Waals surface area contributed by atoms with E-state index < -0.39 is 0 Å². The standard InChI is InChI=1S/C10H12N2/c1-8-4-6-9(7-5-8)10(11-2)12-3/h4-7H,2H2,1,3H3. The number of hydrogen-bond donors (Lipinski definition) is 0.